The number of ether oxygens (including phenoxy) is 1. The number of nitrogens with zero attached hydrogens (tertiary/aromatic N) is 1. The molecule has 0 saturated heterocycles. The van der Waals surface area contributed by atoms with E-state index in [1.54, 1.807) is 0 Å². The zero-order valence-electron chi connectivity index (χ0n) is 54.4. The molecule has 0 aromatic carbocycles. The number of rotatable bonds is 65. The van der Waals surface area contributed by atoms with Gasteiger partial charge in [0.2, 0.25) is 5.91 Å². The highest BCUT2D eigenvalue weighted by Gasteiger charge is 2.30. The first-order valence-corrected chi connectivity index (χ1v) is 36.7. The zero-order chi connectivity index (χ0) is 58.6. The minimum atomic E-state index is -4.44. The van der Waals surface area contributed by atoms with E-state index in [9.17, 15) is 19.0 Å². The molecule has 0 bridgehead atoms. The number of quaternary nitrogens is 1. The van der Waals surface area contributed by atoms with E-state index in [0.717, 1.165) is 57.8 Å². The summed E-state index contributed by atoms with van der Waals surface area (Å²) in [4.78, 5) is 37.8. The van der Waals surface area contributed by atoms with Crippen LogP contribution in [0.5, 0.6) is 0 Å². The van der Waals surface area contributed by atoms with Crippen molar-refractivity contribution in [1.29, 1.82) is 0 Å². The first kappa shape index (κ1) is 78.5. The lowest BCUT2D eigenvalue weighted by Gasteiger charge is -2.27. The minimum absolute atomic E-state index is 0.0448. The molecule has 80 heavy (non-hydrogen) atoms. The lowest BCUT2D eigenvalue weighted by Crippen LogP contribution is -2.47. The summed E-state index contributed by atoms with van der Waals surface area (Å²) in [6.45, 7) is 7.07. The predicted octanol–water partition coefficient (Wildman–Crippen LogP) is 22.1. The molecule has 0 fully saturated rings. The van der Waals surface area contributed by atoms with Gasteiger partial charge in [-0.05, 0) is 57.4 Å². The van der Waals surface area contributed by atoms with Gasteiger partial charge in [0, 0.05) is 12.8 Å². The van der Waals surface area contributed by atoms with Gasteiger partial charge in [0.05, 0.1) is 33.8 Å². The van der Waals surface area contributed by atoms with Gasteiger partial charge in [-0.25, -0.2) is 4.57 Å². The van der Waals surface area contributed by atoms with Gasteiger partial charge in [0.15, 0.2) is 0 Å². The number of phosphoric ester groups is 1. The molecule has 10 heteroatoms. The van der Waals surface area contributed by atoms with E-state index in [1.165, 1.54) is 270 Å². The summed E-state index contributed by atoms with van der Waals surface area (Å²) >= 11 is 0. The highest BCUT2D eigenvalue weighted by atomic mass is 31.2. The Labute approximate surface area is 498 Å². The molecule has 474 valence electrons. The second-order valence-corrected chi connectivity index (χ2v) is 26.9. The molecule has 0 rings (SSSR count). The predicted molar refractivity (Wildman–Crippen MR) is 346 cm³/mol. The fourth-order valence-electron chi connectivity index (χ4n) is 10.7. The molecule has 0 aromatic rings. The molecule has 3 unspecified atom stereocenters. The van der Waals surface area contributed by atoms with Crippen molar-refractivity contribution in [2.24, 2.45) is 0 Å². The Hall–Kier alpha value is -1.51. The van der Waals surface area contributed by atoms with Crippen LogP contribution >= 0.6 is 7.82 Å². The molecule has 1 amide bonds. The van der Waals surface area contributed by atoms with E-state index in [4.69, 9.17) is 13.8 Å². The van der Waals surface area contributed by atoms with Crippen LogP contribution in [0.25, 0.3) is 0 Å². The number of carbonyl (C=O) groups is 2. The number of nitrogens with one attached hydrogen (secondary N) is 1. The maximum atomic E-state index is 13.6. The molecule has 0 spiro atoms. The molecule has 0 aliphatic rings. The molecule has 0 heterocycles. The Kier molecular flexibility index (Phi) is 59.5. The van der Waals surface area contributed by atoms with Crippen molar-refractivity contribution >= 4 is 19.7 Å². The molecule has 0 aliphatic carbocycles. The van der Waals surface area contributed by atoms with Crippen LogP contribution in [0.2, 0.25) is 0 Å². The van der Waals surface area contributed by atoms with Crippen molar-refractivity contribution in [3.05, 3.63) is 24.3 Å². The van der Waals surface area contributed by atoms with E-state index < -0.39 is 20.0 Å². The number of allylic oxidation sites excluding steroid dienone is 3. The van der Waals surface area contributed by atoms with Crippen LogP contribution in [0.15, 0.2) is 24.3 Å². The molecule has 0 radical (unpaired) electrons. The van der Waals surface area contributed by atoms with E-state index in [0.29, 0.717) is 23.9 Å². The van der Waals surface area contributed by atoms with Crippen molar-refractivity contribution < 1.29 is 37.3 Å². The second-order valence-electron chi connectivity index (χ2n) is 25.4. The normalized spacial score (nSPS) is 13.6. The number of carbonyl (C=O) groups excluding carboxylic acids is 2. The van der Waals surface area contributed by atoms with Gasteiger partial charge in [-0.15, -0.1) is 0 Å². The number of hydrogen-bond acceptors (Lipinski definition) is 6. The minimum Gasteiger partial charge on any atom is -0.456 e. The topological polar surface area (TPSA) is 111 Å². The van der Waals surface area contributed by atoms with Crippen molar-refractivity contribution in [3.63, 3.8) is 0 Å². The summed E-state index contributed by atoms with van der Waals surface area (Å²) in [7, 11) is 1.52. The van der Waals surface area contributed by atoms with Crippen LogP contribution in [0, 0.1) is 0 Å². The molecule has 2 N–H and O–H groups in total. The van der Waals surface area contributed by atoms with Crippen molar-refractivity contribution in [2.75, 3.05) is 40.9 Å². The summed E-state index contributed by atoms with van der Waals surface area (Å²) in [5.74, 6) is -0.482. The van der Waals surface area contributed by atoms with Crippen LogP contribution in [-0.4, -0.2) is 74.3 Å². The van der Waals surface area contributed by atoms with E-state index in [-0.39, 0.29) is 25.1 Å². The molecule has 0 aromatic heterocycles. The van der Waals surface area contributed by atoms with Crippen molar-refractivity contribution in [2.45, 2.75) is 373 Å². The number of amides is 1. The average Bonchev–Trinajstić information content (AvgIpc) is 3.43. The highest BCUT2D eigenvalue weighted by Crippen LogP contribution is 2.43. The quantitative estimate of drug-likeness (QED) is 0.0205. The fourth-order valence-corrected chi connectivity index (χ4v) is 11.4. The molecule has 0 saturated carbocycles. The SMILES string of the molecule is CCCCCCCC/C=C/CCCCCCCCCCCCCCCCCCCC(=O)OC(/C=C\CCCCCCCCCCCC)C(COP(=O)(O)OCC[N+](C)(C)C)NC(=O)CCCCCCCCCCCCCCCCC. The standard InChI is InChI=1S/C70H137N2O7P/c1-7-10-13-16-19-22-25-28-30-31-32-33-34-35-36-37-38-39-40-41-43-45-48-51-54-57-60-63-70(74)79-68(61-58-55-52-49-46-27-24-21-18-15-12-9-3)67(66-78-80(75,76)77-65-64-72(4,5)6)71-69(73)62-59-56-53-50-47-44-42-29-26-23-20-17-14-11-8-2/h28,30,58,61,67-68H,7-27,29,31-57,59-60,62-66H2,1-6H3,(H-,71,73,75,76)/p+1/b30-28+,61-58-. The van der Waals surface area contributed by atoms with Gasteiger partial charge in [-0.2, -0.15) is 0 Å². The number of esters is 1. The molecular formula is C70H138N2O7P+. The summed E-state index contributed by atoms with van der Waals surface area (Å²) in [5.41, 5.74) is 0. The Morgan fingerprint density at radius 3 is 1.06 bits per heavy atom. The lowest BCUT2D eigenvalue weighted by molar-refractivity contribution is -0.870. The van der Waals surface area contributed by atoms with Crippen molar-refractivity contribution in [1.82, 2.24) is 5.32 Å². The second kappa shape index (κ2) is 60.6. The molecule has 0 aliphatic heterocycles. The number of phosphoric acid groups is 1. The largest absolute Gasteiger partial charge is 0.472 e. The van der Waals surface area contributed by atoms with Crippen LogP contribution < -0.4 is 5.32 Å². The first-order valence-electron chi connectivity index (χ1n) is 35.2. The average molecular weight is 1150 g/mol. The Bertz CT molecular complexity index is 1420. The Morgan fingerprint density at radius 1 is 0.425 bits per heavy atom. The first-order chi connectivity index (χ1) is 38.9. The third kappa shape index (κ3) is 61.1. The highest BCUT2D eigenvalue weighted by molar-refractivity contribution is 7.47. The van der Waals surface area contributed by atoms with Gasteiger partial charge in [0.25, 0.3) is 0 Å². The van der Waals surface area contributed by atoms with E-state index >= 15 is 0 Å². The van der Waals surface area contributed by atoms with Crippen LogP contribution in [0.3, 0.4) is 0 Å². The third-order valence-corrected chi connectivity index (χ3v) is 17.1. The smallest absolute Gasteiger partial charge is 0.456 e. The molecule has 9 nitrogen and oxygen atoms in total. The van der Waals surface area contributed by atoms with Gasteiger partial charge in [0.1, 0.15) is 19.3 Å². The Morgan fingerprint density at radius 2 is 0.725 bits per heavy atom. The maximum Gasteiger partial charge on any atom is 0.472 e. The zero-order valence-corrected chi connectivity index (χ0v) is 55.2. The summed E-state index contributed by atoms with van der Waals surface area (Å²) in [5, 5.41) is 3.07. The Balaban J connectivity index is 4.96. The number of hydrogen-bond donors (Lipinski definition) is 2. The maximum absolute atomic E-state index is 13.6. The molecule has 3 atom stereocenters. The van der Waals surface area contributed by atoms with Gasteiger partial charge in [-0.1, -0.05) is 315 Å². The summed E-state index contributed by atoms with van der Waals surface area (Å²) < 4.78 is 30.8. The van der Waals surface area contributed by atoms with Gasteiger partial charge in [-0.3, -0.25) is 18.6 Å². The van der Waals surface area contributed by atoms with E-state index in [2.05, 4.69) is 38.2 Å². The monoisotopic (exact) mass is 1150 g/mol. The summed E-state index contributed by atoms with van der Waals surface area (Å²) in [6, 6.07) is -0.841. The number of likely N-dealkylation sites (N-methyl/N-ethyl adjacent to an activating group) is 1. The van der Waals surface area contributed by atoms with Gasteiger partial charge >= 0.3 is 13.8 Å². The molecular weight excluding hydrogens is 1010 g/mol. The summed E-state index contributed by atoms with van der Waals surface area (Å²) in [6.07, 6.45) is 73.4. The van der Waals surface area contributed by atoms with Crippen molar-refractivity contribution in [3.8, 4) is 0 Å². The van der Waals surface area contributed by atoms with Crippen LogP contribution in [0.1, 0.15) is 361 Å². The van der Waals surface area contributed by atoms with Crippen LogP contribution in [0.4, 0.5) is 0 Å². The van der Waals surface area contributed by atoms with E-state index in [1.807, 2.05) is 33.3 Å². The van der Waals surface area contributed by atoms with Gasteiger partial charge < -0.3 is 19.4 Å². The third-order valence-electron chi connectivity index (χ3n) is 16.1. The number of unbranched alkanes of at least 4 members (excludes halogenated alkanes) is 47. The lowest BCUT2D eigenvalue weighted by atomic mass is 10.0. The van der Waals surface area contributed by atoms with Crippen LogP contribution in [-0.2, 0) is 27.9 Å². The fraction of sp³-hybridized carbons (Fsp3) is 0.914.